The van der Waals surface area contributed by atoms with Crippen LogP contribution in [0.15, 0.2) is 77.7 Å². The van der Waals surface area contributed by atoms with E-state index >= 15 is 0 Å². The van der Waals surface area contributed by atoms with E-state index in [2.05, 4.69) is 9.46 Å². The Hall–Kier alpha value is -3.28. The van der Waals surface area contributed by atoms with E-state index in [4.69, 9.17) is 4.74 Å². The Kier molecular flexibility index (Phi) is 6.31. The van der Waals surface area contributed by atoms with Crippen LogP contribution < -0.4 is 19.1 Å². The standard InChI is InChI=1S/C25H23F3N2O5S/c26-25(27,28)35-16-12-14-17(15-13-16)36(32,33)29-18-6-5-9-21(24(18)31)30-19-7-1-3-10-22(19)34-23-11-4-2-8-20(23)30/h1-4,7-8,10-15,18,21,24,29,31H,5-6,9H2/t18-,21+,24+/m1/s1. The third-order valence-electron chi connectivity index (χ3n) is 6.30. The quantitative estimate of drug-likeness (QED) is 0.487. The molecule has 3 aromatic rings. The Morgan fingerprint density at radius 1 is 0.917 bits per heavy atom. The summed E-state index contributed by atoms with van der Waals surface area (Å²) in [5.41, 5.74) is 1.54. The largest absolute Gasteiger partial charge is 0.573 e. The normalized spacial score (nSPS) is 21.8. The number of fused-ring (bicyclic) bond motifs is 2. The zero-order valence-electron chi connectivity index (χ0n) is 18.9. The molecule has 0 aromatic heterocycles. The van der Waals surface area contributed by atoms with Crippen LogP contribution in [0.2, 0.25) is 0 Å². The molecule has 190 valence electrons. The summed E-state index contributed by atoms with van der Waals surface area (Å²) in [5.74, 6) is 0.739. The van der Waals surface area contributed by atoms with E-state index in [0.717, 1.165) is 35.6 Å². The van der Waals surface area contributed by atoms with Crippen LogP contribution >= 0.6 is 0 Å². The van der Waals surface area contributed by atoms with Crippen LogP contribution in [0.5, 0.6) is 17.2 Å². The maximum Gasteiger partial charge on any atom is 0.573 e. The Morgan fingerprint density at radius 2 is 1.50 bits per heavy atom. The highest BCUT2D eigenvalue weighted by atomic mass is 32.2. The number of ether oxygens (including phenoxy) is 2. The fraction of sp³-hybridized carbons (Fsp3) is 0.280. The van der Waals surface area contributed by atoms with Gasteiger partial charge < -0.3 is 19.5 Å². The molecule has 11 heteroatoms. The van der Waals surface area contributed by atoms with E-state index in [9.17, 15) is 26.7 Å². The van der Waals surface area contributed by atoms with Crippen molar-refractivity contribution >= 4 is 21.4 Å². The number of sulfonamides is 1. The molecule has 0 radical (unpaired) electrons. The first-order chi connectivity index (χ1) is 17.1. The van der Waals surface area contributed by atoms with Crippen LogP contribution in [0.1, 0.15) is 19.3 Å². The summed E-state index contributed by atoms with van der Waals surface area (Å²) in [5, 5.41) is 11.4. The lowest BCUT2D eigenvalue weighted by atomic mass is 9.86. The van der Waals surface area contributed by atoms with Crippen molar-refractivity contribution in [2.24, 2.45) is 0 Å². The molecule has 2 N–H and O–H groups in total. The molecule has 0 spiro atoms. The summed E-state index contributed by atoms with van der Waals surface area (Å²) < 4.78 is 75.6. The lowest BCUT2D eigenvalue weighted by molar-refractivity contribution is -0.274. The molecule has 0 unspecified atom stereocenters. The monoisotopic (exact) mass is 520 g/mol. The number of hydrogen-bond acceptors (Lipinski definition) is 6. The highest BCUT2D eigenvalue weighted by Crippen LogP contribution is 2.49. The van der Waals surface area contributed by atoms with Crippen LogP contribution in [-0.2, 0) is 10.0 Å². The van der Waals surface area contributed by atoms with Gasteiger partial charge in [-0.1, -0.05) is 24.3 Å². The fourth-order valence-corrected chi connectivity index (χ4v) is 6.03. The summed E-state index contributed by atoms with van der Waals surface area (Å²) in [4.78, 5) is 1.76. The fourth-order valence-electron chi connectivity index (χ4n) is 4.75. The average Bonchev–Trinajstić information content (AvgIpc) is 2.83. The number of anilines is 2. The Labute approximate surface area is 206 Å². The molecule has 3 atom stereocenters. The van der Waals surface area contributed by atoms with E-state index in [1.54, 1.807) is 0 Å². The van der Waals surface area contributed by atoms with E-state index in [1.165, 1.54) is 0 Å². The van der Waals surface area contributed by atoms with E-state index in [0.29, 0.717) is 30.8 Å². The molecule has 1 aliphatic heterocycles. The Morgan fingerprint density at radius 3 is 2.08 bits per heavy atom. The topological polar surface area (TPSA) is 88.1 Å². The minimum atomic E-state index is -4.88. The van der Waals surface area contributed by atoms with Crippen molar-refractivity contribution in [2.45, 2.75) is 48.7 Å². The van der Waals surface area contributed by atoms with Crippen molar-refractivity contribution in [1.82, 2.24) is 4.72 Å². The van der Waals surface area contributed by atoms with Crippen LogP contribution in [0.3, 0.4) is 0 Å². The van der Waals surface area contributed by atoms with E-state index in [-0.39, 0.29) is 4.90 Å². The van der Waals surface area contributed by atoms with Crippen LogP contribution in [0, 0.1) is 0 Å². The highest BCUT2D eigenvalue weighted by molar-refractivity contribution is 7.89. The zero-order chi connectivity index (χ0) is 25.5. The molecule has 1 heterocycles. The minimum absolute atomic E-state index is 0.228. The van der Waals surface area contributed by atoms with Gasteiger partial charge in [0.2, 0.25) is 10.0 Å². The van der Waals surface area contributed by atoms with Crippen molar-refractivity contribution in [2.75, 3.05) is 4.90 Å². The van der Waals surface area contributed by atoms with Crippen LogP contribution in [-0.4, -0.2) is 38.1 Å². The molecule has 1 aliphatic carbocycles. The smallest absolute Gasteiger partial charge is 0.453 e. The summed E-state index contributed by atoms with van der Waals surface area (Å²) in [6.07, 6.45) is -4.28. The van der Waals surface area contributed by atoms with Gasteiger partial charge in [-0.15, -0.1) is 13.2 Å². The van der Waals surface area contributed by atoms with Gasteiger partial charge in [0.15, 0.2) is 11.5 Å². The van der Waals surface area contributed by atoms with E-state index in [1.807, 2.05) is 53.4 Å². The summed E-state index contributed by atoms with van der Waals surface area (Å²) in [6, 6.07) is 17.6. The number of halogens is 3. The summed E-state index contributed by atoms with van der Waals surface area (Å²) in [7, 11) is -4.12. The molecule has 0 bridgehead atoms. The molecule has 3 aromatic carbocycles. The van der Waals surface area contributed by atoms with Gasteiger partial charge in [0, 0.05) is 0 Å². The number of alkyl halides is 3. The van der Waals surface area contributed by atoms with Gasteiger partial charge in [0.1, 0.15) is 5.75 Å². The lowest BCUT2D eigenvalue weighted by Gasteiger charge is -2.44. The molecular weight excluding hydrogens is 497 g/mol. The second-order valence-corrected chi connectivity index (χ2v) is 10.4. The van der Waals surface area contributed by atoms with Crippen LogP contribution in [0.4, 0.5) is 24.5 Å². The predicted octanol–water partition coefficient (Wildman–Crippen LogP) is 5.09. The van der Waals surface area contributed by atoms with Crippen molar-refractivity contribution < 1.29 is 36.2 Å². The van der Waals surface area contributed by atoms with Gasteiger partial charge in [-0.3, -0.25) is 0 Å². The summed E-state index contributed by atoms with van der Waals surface area (Å²) in [6.45, 7) is 0. The number of nitrogens with zero attached hydrogens (tertiary/aromatic N) is 1. The molecule has 2 aliphatic rings. The molecule has 5 rings (SSSR count). The number of aliphatic hydroxyl groups excluding tert-OH is 1. The maximum atomic E-state index is 13.0. The van der Waals surface area contributed by atoms with Gasteiger partial charge in [0.25, 0.3) is 0 Å². The molecule has 0 amide bonds. The predicted molar refractivity (Wildman–Crippen MR) is 126 cm³/mol. The molecule has 7 nitrogen and oxygen atoms in total. The maximum absolute atomic E-state index is 13.0. The SMILES string of the molecule is O=S(=O)(N[C@@H]1CCC[C@H](N2c3ccccc3Oc3ccccc32)[C@H]1O)c1ccc(OC(F)(F)F)cc1. The lowest BCUT2D eigenvalue weighted by Crippen LogP contribution is -2.56. The Balaban J connectivity index is 1.39. The number of nitrogens with one attached hydrogen (secondary N) is 1. The average molecular weight is 521 g/mol. The molecular formula is C25H23F3N2O5S. The number of rotatable bonds is 5. The molecule has 36 heavy (non-hydrogen) atoms. The third-order valence-corrected chi connectivity index (χ3v) is 7.80. The third kappa shape index (κ3) is 4.86. The number of benzene rings is 3. The first-order valence-corrected chi connectivity index (χ1v) is 12.8. The van der Waals surface area contributed by atoms with Gasteiger partial charge in [-0.25, -0.2) is 13.1 Å². The van der Waals surface area contributed by atoms with Crippen molar-refractivity contribution in [1.29, 1.82) is 0 Å². The molecule has 1 fully saturated rings. The van der Waals surface area contributed by atoms with Crippen molar-refractivity contribution in [3.8, 4) is 17.2 Å². The number of para-hydroxylation sites is 4. The first kappa shape index (κ1) is 24.4. The van der Waals surface area contributed by atoms with Crippen LogP contribution in [0.25, 0.3) is 0 Å². The van der Waals surface area contributed by atoms with E-state index < -0.39 is 40.3 Å². The first-order valence-electron chi connectivity index (χ1n) is 11.3. The zero-order valence-corrected chi connectivity index (χ0v) is 19.7. The van der Waals surface area contributed by atoms with Gasteiger partial charge in [-0.05, 0) is 67.8 Å². The van der Waals surface area contributed by atoms with Gasteiger partial charge in [0.05, 0.1) is 34.5 Å². The van der Waals surface area contributed by atoms with Crippen molar-refractivity contribution in [3.63, 3.8) is 0 Å². The summed E-state index contributed by atoms with van der Waals surface area (Å²) >= 11 is 0. The van der Waals surface area contributed by atoms with Gasteiger partial charge >= 0.3 is 6.36 Å². The Bertz CT molecular complexity index is 1300. The number of hydrogen-bond donors (Lipinski definition) is 2. The molecule has 0 saturated heterocycles. The second-order valence-electron chi connectivity index (χ2n) is 8.64. The second kappa shape index (κ2) is 9.30. The minimum Gasteiger partial charge on any atom is -0.453 e. The molecule has 1 saturated carbocycles. The van der Waals surface area contributed by atoms with Crippen molar-refractivity contribution in [3.05, 3.63) is 72.8 Å². The highest BCUT2D eigenvalue weighted by Gasteiger charge is 2.41. The number of aliphatic hydroxyl groups is 1. The van der Waals surface area contributed by atoms with Gasteiger partial charge in [-0.2, -0.15) is 0 Å².